The van der Waals surface area contributed by atoms with Gasteiger partial charge in [-0.1, -0.05) is 26.7 Å². The van der Waals surface area contributed by atoms with E-state index in [2.05, 4.69) is 25.8 Å². The molecule has 0 spiro atoms. The Morgan fingerprint density at radius 3 is 2.21 bits per heavy atom. The van der Waals surface area contributed by atoms with Crippen LogP contribution < -0.4 is 0 Å². The monoisotopic (exact) mass is 197 g/mol. The number of unbranched alkanes of at least 4 members (excludes halogenated alkanes) is 1. The van der Waals surface area contributed by atoms with Crippen LogP contribution in [0.3, 0.4) is 0 Å². The smallest absolute Gasteiger partial charge is 0.00924 e. The van der Waals surface area contributed by atoms with Gasteiger partial charge in [0.2, 0.25) is 0 Å². The molecule has 0 unspecified atom stereocenters. The Morgan fingerprint density at radius 1 is 1.07 bits per heavy atom. The molecule has 0 aromatic carbocycles. The first-order chi connectivity index (χ1) is 6.77. The Morgan fingerprint density at radius 2 is 1.71 bits per heavy atom. The molecular formula is C13H27N. The van der Waals surface area contributed by atoms with E-state index in [4.69, 9.17) is 0 Å². The SMILES string of the molecule is CCCCN(C)C1CCC(CC)CC1. The van der Waals surface area contributed by atoms with Gasteiger partial charge in [-0.05, 0) is 51.6 Å². The first kappa shape index (κ1) is 12.0. The minimum absolute atomic E-state index is 0.893. The van der Waals surface area contributed by atoms with E-state index in [0.717, 1.165) is 12.0 Å². The molecule has 0 heterocycles. The Balaban J connectivity index is 2.19. The average Bonchev–Trinajstić information content (AvgIpc) is 2.26. The van der Waals surface area contributed by atoms with Crippen molar-refractivity contribution in [2.24, 2.45) is 5.92 Å². The van der Waals surface area contributed by atoms with Crippen molar-refractivity contribution in [1.82, 2.24) is 4.90 Å². The van der Waals surface area contributed by atoms with Crippen molar-refractivity contribution >= 4 is 0 Å². The maximum absolute atomic E-state index is 2.59. The predicted molar refractivity (Wildman–Crippen MR) is 63.6 cm³/mol. The lowest BCUT2D eigenvalue weighted by atomic mass is 9.84. The second-order valence-electron chi connectivity index (χ2n) is 4.92. The number of hydrogen-bond acceptors (Lipinski definition) is 1. The van der Waals surface area contributed by atoms with Gasteiger partial charge in [-0.3, -0.25) is 0 Å². The molecule has 0 aliphatic heterocycles. The third-order valence-corrected chi connectivity index (χ3v) is 3.88. The molecule has 0 atom stereocenters. The van der Waals surface area contributed by atoms with Crippen LogP contribution in [0.2, 0.25) is 0 Å². The normalized spacial score (nSPS) is 28.3. The highest BCUT2D eigenvalue weighted by molar-refractivity contribution is 4.77. The van der Waals surface area contributed by atoms with Crippen molar-refractivity contribution in [3.63, 3.8) is 0 Å². The number of rotatable bonds is 5. The van der Waals surface area contributed by atoms with E-state index >= 15 is 0 Å². The number of nitrogens with zero attached hydrogens (tertiary/aromatic N) is 1. The van der Waals surface area contributed by atoms with Gasteiger partial charge in [0.05, 0.1) is 0 Å². The van der Waals surface area contributed by atoms with Crippen molar-refractivity contribution < 1.29 is 0 Å². The second kappa shape index (κ2) is 6.44. The molecule has 0 aromatic heterocycles. The van der Waals surface area contributed by atoms with Crippen LogP contribution in [0, 0.1) is 5.92 Å². The molecular weight excluding hydrogens is 170 g/mol. The van der Waals surface area contributed by atoms with Crippen molar-refractivity contribution in [3.05, 3.63) is 0 Å². The van der Waals surface area contributed by atoms with Gasteiger partial charge in [0, 0.05) is 6.04 Å². The van der Waals surface area contributed by atoms with E-state index in [1.165, 1.54) is 51.5 Å². The fourth-order valence-electron chi connectivity index (χ4n) is 2.58. The Kier molecular flexibility index (Phi) is 5.54. The lowest BCUT2D eigenvalue weighted by Gasteiger charge is -2.34. The third kappa shape index (κ3) is 3.61. The van der Waals surface area contributed by atoms with Gasteiger partial charge in [0.1, 0.15) is 0 Å². The summed E-state index contributed by atoms with van der Waals surface area (Å²) in [5, 5.41) is 0. The molecule has 1 saturated carbocycles. The summed E-state index contributed by atoms with van der Waals surface area (Å²) in [6.07, 6.45) is 9.91. The quantitative estimate of drug-likeness (QED) is 0.650. The van der Waals surface area contributed by atoms with Gasteiger partial charge < -0.3 is 4.90 Å². The lowest BCUT2D eigenvalue weighted by molar-refractivity contribution is 0.162. The Bertz CT molecular complexity index is 136. The molecule has 1 aliphatic rings. The summed E-state index contributed by atoms with van der Waals surface area (Å²) in [6.45, 7) is 5.92. The summed E-state index contributed by atoms with van der Waals surface area (Å²) in [6, 6.07) is 0.893. The molecule has 1 fully saturated rings. The van der Waals surface area contributed by atoms with Gasteiger partial charge in [0.25, 0.3) is 0 Å². The predicted octanol–water partition coefficient (Wildman–Crippen LogP) is 3.69. The molecule has 0 radical (unpaired) electrons. The molecule has 0 N–H and O–H groups in total. The first-order valence-corrected chi connectivity index (χ1v) is 6.48. The third-order valence-electron chi connectivity index (χ3n) is 3.88. The van der Waals surface area contributed by atoms with Gasteiger partial charge in [0.15, 0.2) is 0 Å². The van der Waals surface area contributed by atoms with Gasteiger partial charge in [-0.2, -0.15) is 0 Å². The minimum Gasteiger partial charge on any atom is -0.303 e. The van der Waals surface area contributed by atoms with Gasteiger partial charge in [-0.15, -0.1) is 0 Å². The molecule has 1 heteroatoms. The molecule has 1 rings (SSSR count). The molecule has 1 aliphatic carbocycles. The van der Waals surface area contributed by atoms with Crippen molar-refractivity contribution in [2.75, 3.05) is 13.6 Å². The van der Waals surface area contributed by atoms with Gasteiger partial charge >= 0.3 is 0 Å². The van der Waals surface area contributed by atoms with E-state index in [-0.39, 0.29) is 0 Å². The molecule has 0 aromatic rings. The summed E-state index contributed by atoms with van der Waals surface area (Å²) in [5.41, 5.74) is 0. The standard InChI is InChI=1S/C13H27N/c1-4-6-11-14(3)13-9-7-12(5-2)8-10-13/h12-13H,4-11H2,1-3H3. The van der Waals surface area contributed by atoms with Crippen LogP contribution in [0.15, 0.2) is 0 Å². The van der Waals surface area contributed by atoms with Crippen LogP contribution in [-0.2, 0) is 0 Å². The Labute approximate surface area is 89.9 Å². The highest BCUT2D eigenvalue weighted by Crippen LogP contribution is 2.28. The van der Waals surface area contributed by atoms with Crippen LogP contribution >= 0.6 is 0 Å². The minimum atomic E-state index is 0.893. The van der Waals surface area contributed by atoms with Crippen molar-refractivity contribution in [1.29, 1.82) is 0 Å². The van der Waals surface area contributed by atoms with E-state index in [9.17, 15) is 0 Å². The highest BCUT2D eigenvalue weighted by Gasteiger charge is 2.22. The van der Waals surface area contributed by atoms with Crippen LogP contribution in [0.5, 0.6) is 0 Å². The summed E-state index contributed by atoms with van der Waals surface area (Å²) in [4.78, 5) is 2.59. The van der Waals surface area contributed by atoms with E-state index in [1.807, 2.05) is 0 Å². The molecule has 14 heavy (non-hydrogen) atoms. The van der Waals surface area contributed by atoms with E-state index < -0.39 is 0 Å². The number of hydrogen-bond donors (Lipinski definition) is 0. The fourth-order valence-corrected chi connectivity index (χ4v) is 2.58. The van der Waals surface area contributed by atoms with Crippen LogP contribution in [0.1, 0.15) is 58.8 Å². The summed E-state index contributed by atoms with van der Waals surface area (Å²) >= 11 is 0. The zero-order valence-corrected chi connectivity index (χ0v) is 10.3. The highest BCUT2D eigenvalue weighted by atomic mass is 15.1. The van der Waals surface area contributed by atoms with Crippen molar-refractivity contribution in [3.8, 4) is 0 Å². The summed E-state index contributed by atoms with van der Waals surface area (Å²) in [5.74, 6) is 1.03. The second-order valence-corrected chi connectivity index (χ2v) is 4.92. The van der Waals surface area contributed by atoms with E-state index in [0.29, 0.717) is 0 Å². The first-order valence-electron chi connectivity index (χ1n) is 6.48. The van der Waals surface area contributed by atoms with Crippen LogP contribution in [0.4, 0.5) is 0 Å². The molecule has 0 amide bonds. The molecule has 1 nitrogen and oxygen atoms in total. The molecule has 0 bridgehead atoms. The maximum atomic E-state index is 2.59. The maximum Gasteiger partial charge on any atom is 0.00924 e. The topological polar surface area (TPSA) is 3.24 Å². The van der Waals surface area contributed by atoms with Crippen molar-refractivity contribution in [2.45, 2.75) is 64.8 Å². The largest absolute Gasteiger partial charge is 0.303 e. The van der Waals surface area contributed by atoms with Crippen LogP contribution in [0.25, 0.3) is 0 Å². The summed E-state index contributed by atoms with van der Waals surface area (Å²) < 4.78 is 0. The van der Waals surface area contributed by atoms with Gasteiger partial charge in [-0.25, -0.2) is 0 Å². The summed E-state index contributed by atoms with van der Waals surface area (Å²) in [7, 11) is 2.31. The average molecular weight is 197 g/mol. The lowest BCUT2D eigenvalue weighted by Crippen LogP contribution is -2.35. The molecule has 84 valence electrons. The zero-order valence-electron chi connectivity index (χ0n) is 10.3. The zero-order chi connectivity index (χ0) is 10.4. The van der Waals surface area contributed by atoms with E-state index in [1.54, 1.807) is 0 Å². The Hall–Kier alpha value is -0.0400. The fraction of sp³-hybridized carbons (Fsp3) is 1.00. The molecule has 0 saturated heterocycles. The van der Waals surface area contributed by atoms with Crippen LogP contribution in [-0.4, -0.2) is 24.5 Å².